The van der Waals surface area contributed by atoms with Crippen LogP contribution in [0.5, 0.6) is 0 Å². The highest BCUT2D eigenvalue weighted by molar-refractivity contribution is 6.06. The first-order valence-electron chi connectivity index (χ1n) is 31.9. The molecular formula is C65H62F7N21O9. The molecule has 0 aliphatic heterocycles. The number of ether oxygens (including phenoxy) is 3. The van der Waals surface area contributed by atoms with Crippen molar-refractivity contribution in [1.82, 2.24) is 89.8 Å². The minimum atomic E-state index is -4.41. The van der Waals surface area contributed by atoms with E-state index in [-0.39, 0.29) is 106 Å². The van der Waals surface area contributed by atoms with Crippen molar-refractivity contribution in [2.24, 2.45) is 0 Å². The number of oxazole rings is 3. The van der Waals surface area contributed by atoms with E-state index in [1.807, 2.05) is 13.8 Å². The maximum atomic E-state index is 14.8. The van der Waals surface area contributed by atoms with Gasteiger partial charge in [-0.25, -0.2) is 38.1 Å². The Hall–Kier alpha value is -11.9. The van der Waals surface area contributed by atoms with E-state index in [0.717, 1.165) is 75.8 Å². The number of anilines is 3. The number of hydrogen-bond acceptors (Lipinski definition) is 21. The number of amides is 3. The van der Waals surface area contributed by atoms with E-state index >= 15 is 0 Å². The van der Waals surface area contributed by atoms with Crippen molar-refractivity contribution >= 4 is 34.8 Å². The molecule has 6 N–H and O–H groups in total. The molecule has 3 amide bonds. The standard InChI is InChI=1S/2C23H23F2N7O3.C19H16F3N7O3/c1-2-34-16-5-3-15(4-6-16)32-11-18(21(31-32)20-17(25)7-14(24)10-26-20)29-22(33)19-12-35-23(30-19)13-8-27-28-9-13;1-2-34-15-5-3-14(4-6-15)32-21(20-16(24)7-8-19(25)31-20)17(11-28-32)29-22(33)18-12-35-23(30-18)13-9-26-27-10-13;20-19(21,22)11-31-6-5-29-9-14(16(28-29)13-3-1-2-4-23-13)26-17(30)15-10-32-18(27-15)12-7-24-25-8-12/h7-12,15-16H,2-6H2,1H3,(H,27,28)(H,29,33);7-12,14-15H,2-6H2,1H3,(H,26,27)(H,29,33);1-4,7-10H,5-6,11H2,(H,24,25)(H,26,30). The molecular weight excluding hydrogens is 1350 g/mol. The van der Waals surface area contributed by atoms with Crippen molar-refractivity contribution in [1.29, 1.82) is 0 Å². The summed E-state index contributed by atoms with van der Waals surface area (Å²) in [7, 11) is 0. The van der Waals surface area contributed by atoms with Crippen LogP contribution in [0.25, 0.3) is 68.5 Å². The highest BCUT2D eigenvalue weighted by Gasteiger charge is 2.32. The molecule has 0 radical (unpaired) electrons. The van der Waals surface area contributed by atoms with Gasteiger partial charge in [-0.15, -0.1) is 0 Å². The van der Waals surface area contributed by atoms with Gasteiger partial charge in [0.1, 0.15) is 59.7 Å². The number of H-pyrrole nitrogens is 3. The third kappa shape index (κ3) is 17.2. The van der Waals surface area contributed by atoms with Gasteiger partial charge >= 0.3 is 6.18 Å². The molecule has 12 aromatic heterocycles. The van der Waals surface area contributed by atoms with Crippen LogP contribution in [0.1, 0.15) is 109 Å². The van der Waals surface area contributed by atoms with Crippen LogP contribution in [-0.2, 0) is 20.8 Å². The number of alkyl halides is 3. The second-order valence-electron chi connectivity index (χ2n) is 22.9. The van der Waals surface area contributed by atoms with Crippen molar-refractivity contribution in [2.75, 3.05) is 42.4 Å². The predicted octanol–water partition coefficient (Wildman–Crippen LogP) is 11.9. The Labute approximate surface area is 572 Å². The van der Waals surface area contributed by atoms with Crippen LogP contribution in [-0.4, -0.2) is 152 Å². The summed E-state index contributed by atoms with van der Waals surface area (Å²) in [6, 6.07) is 7.78. The van der Waals surface area contributed by atoms with Crippen molar-refractivity contribution in [3.63, 3.8) is 0 Å². The Balaban J connectivity index is 0.000000145. The summed E-state index contributed by atoms with van der Waals surface area (Å²) in [5, 5.41) is 40.8. The zero-order valence-corrected chi connectivity index (χ0v) is 54.1. The van der Waals surface area contributed by atoms with Crippen LogP contribution < -0.4 is 16.0 Å². The zero-order chi connectivity index (χ0) is 71.3. The molecule has 37 heteroatoms. The van der Waals surface area contributed by atoms with Gasteiger partial charge in [0.05, 0.1) is 108 Å². The van der Waals surface area contributed by atoms with E-state index < -0.39 is 53.9 Å². The highest BCUT2D eigenvalue weighted by atomic mass is 19.4. The Morgan fingerprint density at radius 3 is 1.65 bits per heavy atom. The highest BCUT2D eigenvalue weighted by Crippen LogP contribution is 2.39. The summed E-state index contributed by atoms with van der Waals surface area (Å²) in [6.07, 6.45) is 22.3. The van der Waals surface area contributed by atoms with Gasteiger partial charge in [0.2, 0.25) is 23.6 Å². The Bertz CT molecular complexity index is 4730. The van der Waals surface area contributed by atoms with E-state index in [4.69, 9.17) is 22.7 Å². The molecule has 0 aromatic carbocycles. The molecule has 2 aliphatic rings. The molecule has 102 heavy (non-hydrogen) atoms. The molecule has 530 valence electrons. The molecule has 0 spiro atoms. The number of aromatic amines is 3. The van der Waals surface area contributed by atoms with Crippen molar-refractivity contribution in [3.8, 4) is 68.5 Å². The molecule has 2 fully saturated rings. The topological polar surface area (TPSA) is 371 Å². The Kier molecular flexibility index (Phi) is 22.0. The zero-order valence-electron chi connectivity index (χ0n) is 54.1. The van der Waals surface area contributed by atoms with Gasteiger partial charge in [-0.05, 0) is 89.5 Å². The van der Waals surface area contributed by atoms with Gasteiger partial charge < -0.3 is 43.4 Å². The minimum absolute atomic E-state index is 0.00444. The van der Waals surface area contributed by atoms with Gasteiger partial charge in [0.25, 0.3) is 17.7 Å². The fourth-order valence-corrected chi connectivity index (χ4v) is 11.2. The van der Waals surface area contributed by atoms with E-state index in [0.29, 0.717) is 47.0 Å². The number of nitrogens with one attached hydrogen (secondary N) is 6. The third-order valence-electron chi connectivity index (χ3n) is 16.0. The number of aromatic nitrogens is 18. The number of pyridine rings is 3. The summed E-state index contributed by atoms with van der Waals surface area (Å²) in [5.74, 6) is -4.34. The van der Waals surface area contributed by atoms with Gasteiger partial charge in [-0.1, -0.05) is 6.07 Å². The average Bonchev–Trinajstić information content (AvgIpc) is 1.52. The fourth-order valence-electron chi connectivity index (χ4n) is 11.2. The lowest BCUT2D eigenvalue weighted by Gasteiger charge is -2.29. The normalized spacial score (nSPS) is 16.0. The van der Waals surface area contributed by atoms with Crippen LogP contribution in [0, 0.1) is 23.4 Å². The van der Waals surface area contributed by atoms with Gasteiger partial charge in [0.15, 0.2) is 28.7 Å². The van der Waals surface area contributed by atoms with Crippen LogP contribution in [0.15, 0.2) is 137 Å². The molecule has 14 rings (SSSR count). The summed E-state index contributed by atoms with van der Waals surface area (Å²) in [4.78, 5) is 62.9. The maximum Gasteiger partial charge on any atom is 0.411 e. The molecule has 0 atom stereocenters. The third-order valence-corrected chi connectivity index (χ3v) is 16.0. The Morgan fingerprint density at radius 2 is 1.14 bits per heavy atom. The molecule has 12 aromatic rings. The smallest absolute Gasteiger partial charge is 0.411 e. The quantitative estimate of drug-likeness (QED) is 0.0208. The van der Waals surface area contributed by atoms with Crippen LogP contribution in [0.3, 0.4) is 0 Å². The first-order valence-corrected chi connectivity index (χ1v) is 31.9. The summed E-state index contributed by atoms with van der Waals surface area (Å²) in [6.45, 7) is 3.71. The lowest BCUT2D eigenvalue weighted by atomic mass is 9.92. The molecule has 0 unspecified atom stereocenters. The van der Waals surface area contributed by atoms with E-state index in [2.05, 4.69) is 96.5 Å². The monoisotopic (exact) mass is 1410 g/mol. The number of nitrogens with zero attached hydrogens (tertiary/aromatic N) is 15. The molecule has 30 nitrogen and oxygen atoms in total. The van der Waals surface area contributed by atoms with Crippen LogP contribution in [0.2, 0.25) is 0 Å². The van der Waals surface area contributed by atoms with Crippen LogP contribution in [0.4, 0.5) is 47.8 Å². The first-order chi connectivity index (χ1) is 49.4. The number of hydrogen-bond donors (Lipinski definition) is 6. The number of halogens is 7. The summed E-state index contributed by atoms with van der Waals surface area (Å²) < 4.78 is 130. The van der Waals surface area contributed by atoms with Gasteiger partial charge in [0, 0.05) is 56.5 Å². The predicted molar refractivity (Wildman–Crippen MR) is 345 cm³/mol. The molecule has 0 bridgehead atoms. The van der Waals surface area contributed by atoms with E-state index in [1.54, 1.807) is 58.5 Å². The lowest BCUT2D eigenvalue weighted by Crippen LogP contribution is -2.25. The van der Waals surface area contributed by atoms with E-state index in [1.165, 1.54) is 54.5 Å². The second kappa shape index (κ2) is 32.0. The van der Waals surface area contributed by atoms with Gasteiger partial charge in [-0.3, -0.25) is 48.7 Å². The first kappa shape index (κ1) is 70.0. The fraction of sp³-hybridized carbons (Fsp3) is 0.308. The second-order valence-corrected chi connectivity index (χ2v) is 22.9. The van der Waals surface area contributed by atoms with Gasteiger partial charge in [-0.2, -0.15) is 48.2 Å². The Morgan fingerprint density at radius 1 is 0.588 bits per heavy atom. The molecule has 2 aliphatic carbocycles. The maximum absolute atomic E-state index is 14.8. The van der Waals surface area contributed by atoms with Crippen molar-refractivity contribution < 1.29 is 72.6 Å². The molecule has 0 saturated heterocycles. The lowest BCUT2D eigenvalue weighted by molar-refractivity contribution is -0.174. The largest absolute Gasteiger partial charge is 0.444 e. The number of rotatable bonds is 22. The molecule has 2 saturated carbocycles. The van der Waals surface area contributed by atoms with Crippen LogP contribution >= 0.6 is 0 Å². The van der Waals surface area contributed by atoms with Crippen molar-refractivity contribution in [3.05, 3.63) is 164 Å². The minimum Gasteiger partial charge on any atom is -0.444 e. The summed E-state index contributed by atoms with van der Waals surface area (Å²) in [5.41, 5.74) is 3.20. The van der Waals surface area contributed by atoms with Crippen molar-refractivity contribution in [2.45, 2.75) is 102 Å². The molecule has 12 heterocycles. The van der Waals surface area contributed by atoms with E-state index in [9.17, 15) is 45.1 Å². The number of carbonyl (C=O) groups excluding carboxylic acids is 3. The number of carbonyl (C=O) groups is 3. The SMILES string of the molecule is CCOC1CCC(n2cc(NC(=O)c3coc(-c4cn[nH]c4)n3)c(-c3ncc(F)cc3F)n2)CC1.CCOC1CCC(n2ncc(NC(=O)c3coc(-c4cn[nH]c4)n3)c2-c2nc(F)ccc2F)CC1.O=C(Nc1cn(CCOCC(F)(F)F)nc1-c1ccccn1)c1coc(-c2cn[nH]c2)n1. The summed E-state index contributed by atoms with van der Waals surface area (Å²) >= 11 is 0. The average molecular weight is 1410 g/mol.